The summed E-state index contributed by atoms with van der Waals surface area (Å²) in [5, 5.41) is 14.7. The molecule has 8 heteroatoms. The number of aryl methyl sites for hydroxylation is 1. The zero-order valence-corrected chi connectivity index (χ0v) is 16.9. The van der Waals surface area contributed by atoms with Gasteiger partial charge in [-0.15, -0.1) is 0 Å². The summed E-state index contributed by atoms with van der Waals surface area (Å²) in [6, 6.07) is 15.9. The van der Waals surface area contributed by atoms with Crippen molar-refractivity contribution in [1.29, 1.82) is 0 Å². The van der Waals surface area contributed by atoms with Crippen LogP contribution in [0.5, 0.6) is 0 Å². The summed E-state index contributed by atoms with van der Waals surface area (Å²) in [5.41, 5.74) is 1.79. The van der Waals surface area contributed by atoms with Crippen LogP contribution in [0, 0.1) is 10.1 Å². The molecule has 0 fully saturated rings. The SMILES string of the molecule is CCCN(CCc1nc(-c2ccc([N+](=O)[O-])cc2)no1)C(=O)CCc1ccccc1. The van der Waals surface area contributed by atoms with E-state index in [1.807, 2.05) is 42.2 Å². The van der Waals surface area contributed by atoms with Gasteiger partial charge in [0.05, 0.1) is 4.92 Å². The molecule has 0 saturated carbocycles. The second-order valence-electron chi connectivity index (χ2n) is 6.93. The van der Waals surface area contributed by atoms with E-state index < -0.39 is 4.92 Å². The smallest absolute Gasteiger partial charge is 0.269 e. The number of rotatable bonds is 10. The van der Waals surface area contributed by atoms with Crippen LogP contribution < -0.4 is 0 Å². The summed E-state index contributed by atoms with van der Waals surface area (Å²) in [4.78, 5) is 29.1. The molecule has 3 aromatic rings. The molecule has 0 unspecified atom stereocenters. The Morgan fingerprint density at radius 2 is 1.80 bits per heavy atom. The first-order chi connectivity index (χ1) is 14.6. The highest BCUT2D eigenvalue weighted by molar-refractivity contribution is 5.76. The van der Waals surface area contributed by atoms with Gasteiger partial charge in [-0.05, 0) is 30.5 Å². The number of hydrogen-bond acceptors (Lipinski definition) is 6. The zero-order valence-electron chi connectivity index (χ0n) is 16.9. The standard InChI is InChI=1S/C22H24N4O4/c1-2-15-25(21(27)13-8-17-6-4-3-5-7-17)16-14-20-23-22(24-30-20)18-9-11-19(12-10-18)26(28)29/h3-7,9-12H,2,8,13-16H2,1H3. The van der Waals surface area contributed by atoms with Crippen LogP contribution in [0.25, 0.3) is 11.4 Å². The minimum Gasteiger partial charge on any atom is -0.342 e. The third-order valence-electron chi connectivity index (χ3n) is 4.72. The number of carbonyl (C=O) groups is 1. The molecule has 0 bridgehead atoms. The molecule has 0 saturated heterocycles. The van der Waals surface area contributed by atoms with Crippen molar-refractivity contribution >= 4 is 11.6 Å². The molecule has 0 aliphatic carbocycles. The van der Waals surface area contributed by atoms with Crippen LogP contribution in [0.2, 0.25) is 0 Å². The van der Waals surface area contributed by atoms with Gasteiger partial charge in [0.1, 0.15) is 0 Å². The Morgan fingerprint density at radius 3 is 2.47 bits per heavy atom. The molecule has 30 heavy (non-hydrogen) atoms. The maximum Gasteiger partial charge on any atom is 0.269 e. The molecule has 0 aliphatic heterocycles. The second kappa shape index (κ2) is 10.3. The quantitative estimate of drug-likeness (QED) is 0.370. The van der Waals surface area contributed by atoms with E-state index in [0.29, 0.717) is 49.6 Å². The minimum atomic E-state index is -0.456. The van der Waals surface area contributed by atoms with Gasteiger partial charge < -0.3 is 9.42 Å². The first-order valence-corrected chi connectivity index (χ1v) is 9.96. The van der Waals surface area contributed by atoms with Gasteiger partial charge in [-0.25, -0.2) is 0 Å². The number of non-ortho nitro benzene ring substituents is 1. The van der Waals surface area contributed by atoms with Crippen LogP contribution in [0.4, 0.5) is 5.69 Å². The topological polar surface area (TPSA) is 102 Å². The molecule has 2 aromatic carbocycles. The van der Waals surface area contributed by atoms with E-state index in [4.69, 9.17) is 4.52 Å². The highest BCUT2D eigenvalue weighted by Crippen LogP contribution is 2.20. The molecule has 0 N–H and O–H groups in total. The number of hydrogen-bond donors (Lipinski definition) is 0. The predicted molar refractivity (Wildman–Crippen MR) is 112 cm³/mol. The molecule has 0 atom stereocenters. The van der Waals surface area contributed by atoms with Crippen LogP contribution in [0.1, 0.15) is 31.2 Å². The van der Waals surface area contributed by atoms with E-state index in [2.05, 4.69) is 10.1 Å². The lowest BCUT2D eigenvalue weighted by Gasteiger charge is -2.21. The first kappa shape index (κ1) is 21.2. The molecule has 156 valence electrons. The third kappa shape index (κ3) is 5.73. The van der Waals surface area contributed by atoms with Crippen molar-refractivity contribution in [2.45, 2.75) is 32.6 Å². The minimum absolute atomic E-state index is 0.00620. The Labute approximate surface area is 174 Å². The molecule has 0 spiro atoms. The van der Waals surface area contributed by atoms with Crippen molar-refractivity contribution in [2.75, 3.05) is 13.1 Å². The van der Waals surface area contributed by atoms with E-state index in [1.165, 1.54) is 12.1 Å². The van der Waals surface area contributed by atoms with Crippen molar-refractivity contribution in [3.8, 4) is 11.4 Å². The Hall–Kier alpha value is -3.55. The number of aromatic nitrogens is 2. The summed E-state index contributed by atoms with van der Waals surface area (Å²) in [6.07, 6.45) is 2.50. The lowest BCUT2D eigenvalue weighted by Crippen LogP contribution is -2.33. The zero-order chi connectivity index (χ0) is 21.3. The van der Waals surface area contributed by atoms with Crippen molar-refractivity contribution < 1.29 is 14.2 Å². The molecule has 1 aromatic heterocycles. The summed E-state index contributed by atoms with van der Waals surface area (Å²) in [7, 11) is 0. The second-order valence-corrected chi connectivity index (χ2v) is 6.93. The molecule has 1 heterocycles. The fraction of sp³-hybridized carbons (Fsp3) is 0.318. The largest absolute Gasteiger partial charge is 0.342 e. The van der Waals surface area contributed by atoms with Crippen LogP contribution in [-0.4, -0.2) is 39.0 Å². The van der Waals surface area contributed by atoms with Gasteiger partial charge >= 0.3 is 0 Å². The Bertz CT molecular complexity index is 970. The van der Waals surface area contributed by atoms with Gasteiger partial charge in [-0.2, -0.15) is 4.98 Å². The molecule has 0 aliphatic rings. The summed E-state index contributed by atoms with van der Waals surface area (Å²) < 4.78 is 5.30. The van der Waals surface area contributed by atoms with E-state index in [-0.39, 0.29) is 11.6 Å². The molecule has 0 radical (unpaired) electrons. The number of amides is 1. The highest BCUT2D eigenvalue weighted by Gasteiger charge is 2.16. The van der Waals surface area contributed by atoms with E-state index in [1.54, 1.807) is 12.1 Å². The summed E-state index contributed by atoms with van der Waals surface area (Å²) >= 11 is 0. The fourth-order valence-electron chi connectivity index (χ4n) is 3.12. The van der Waals surface area contributed by atoms with Crippen molar-refractivity contribution in [2.24, 2.45) is 0 Å². The third-order valence-corrected chi connectivity index (χ3v) is 4.72. The molecule has 8 nitrogen and oxygen atoms in total. The maximum absolute atomic E-state index is 12.6. The molecular weight excluding hydrogens is 384 g/mol. The number of carbonyl (C=O) groups excluding carboxylic acids is 1. The predicted octanol–water partition coefficient (Wildman–Crippen LogP) is 4.06. The highest BCUT2D eigenvalue weighted by atomic mass is 16.6. The summed E-state index contributed by atoms with van der Waals surface area (Å²) in [6.45, 7) is 3.22. The number of nitrogens with zero attached hydrogens (tertiary/aromatic N) is 4. The average Bonchev–Trinajstić information content (AvgIpc) is 3.25. The number of benzene rings is 2. The average molecular weight is 408 g/mol. The normalized spacial score (nSPS) is 10.7. The monoisotopic (exact) mass is 408 g/mol. The molecular formula is C22H24N4O4. The van der Waals surface area contributed by atoms with Crippen molar-refractivity contribution in [3.05, 3.63) is 76.2 Å². The van der Waals surface area contributed by atoms with Gasteiger partial charge in [0.15, 0.2) is 0 Å². The van der Waals surface area contributed by atoms with E-state index >= 15 is 0 Å². The van der Waals surface area contributed by atoms with Gasteiger partial charge in [-0.3, -0.25) is 14.9 Å². The number of nitro benzene ring substituents is 1. The number of nitro groups is 1. The van der Waals surface area contributed by atoms with Crippen LogP contribution in [0.15, 0.2) is 59.1 Å². The van der Waals surface area contributed by atoms with Crippen LogP contribution in [-0.2, 0) is 17.6 Å². The first-order valence-electron chi connectivity index (χ1n) is 9.96. The Kier molecular flexibility index (Phi) is 7.26. The maximum atomic E-state index is 12.6. The molecule has 3 rings (SSSR count). The van der Waals surface area contributed by atoms with Gasteiger partial charge in [0.2, 0.25) is 17.6 Å². The lowest BCUT2D eigenvalue weighted by atomic mass is 10.1. The van der Waals surface area contributed by atoms with Crippen LogP contribution in [0.3, 0.4) is 0 Å². The summed E-state index contributed by atoms with van der Waals surface area (Å²) in [5.74, 6) is 0.911. The fourth-order valence-corrected chi connectivity index (χ4v) is 3.12. The van der Waals surface area contributed by atoms with Gasteiger partial charge in [-0.1, -0.05) is 42.4 Å². The van der Waals surface area contributed by atoms with Crippen molar-refractivity contribution in [1.82, 2.24) is 15.0 Å². The van der Waals surface area contributed by atoms with Crippen molar-refractivity contribution in [3.63, 3.8) is 0 Å². The van der Waals surface area contributed by atoms with Gasteiger partial charge in [0.25, 0.3) is 5.69 Å². The molecule has 1 amide bonds. The van der Waals surface area contributed by atoms with E-state index in [9.17, 15) is 14.9 Å². The lowest BCUT2D eigenvalue weighted by molar-refractivity contribution is -0.384. The Morgan fingerprint density at radius 1 is 1.07 bits per heavy atom. The Balaban J connectivity index is 1.56. The van der Waals surface area contributed by atoms with Crippen LogP contribution >= 0.6 is 0 Å². The van der Waals surface area contributed by atoms with Gasteiger partial charge in [0, 0.05) is 43.6 Å². The van der Waals surface area contributed by atoms with E-state index in [0.717, 1.165) is 12.0 Å².